The Hall–Kier alpha value is -3.30. The molecule has 0 saturated carbocycles. The number of nitrogens with one attached hydrogen (secondary N) is 3. The summed E-state index contributed by atoms with van der Waals surface area (Å²) in [5.41, 5.74) is 7.52. The van der Waals surface area contributed by atoms with Crippen molar-refractivity contribution in [2.45, 2.75) is 37.6 Å². The number of carbonyl (C=O) groups excluding carboxylic acids is 1. The van der Waals surface area contributed by atoms with Gasteiger partial charge in [-0.15, -0.1) is 0 Å². The molecule has 0 radical (unpaired) electrons. The minimum atomic E-state index is -3.76. The number of nitrogens with two attached hydrogens (primary N) is 1. The van der Waals surface area contributed by atoms with Crippen LogP contribution in [0.5, 0.6) is 28.7 Å². The molecule has 4 atom stereocenters. The molecule has 0 aromatic heterocycles. The molecule has 2 aromatic rings. The molecule has 6 N–H and O–H groups in total. The van der Waals surface area contributed by atoms with Crippen molar-refractivity contribution in [1.29, 1.82) is 0 Å². The van der Waals surface area contributed by atoms with E-state index in [1.54, 1.807) is 24.3 Å². The van der Waals surface area contributed by atoms with Crippen molar-refractivity contribution in [2.75, 3.05) is 66.1 Å². The Morgan fingerprint density at radius 3 is 2.11 bits per heavy atom. The van der Waals surface area contributed by atoms with E-state index in [0.29, 0.717) is 47.8 Å². The van der Waals surface area contributed by atoms with Crippen LogP contribution in [-0.4, -0.2) is 85.6 Å². The Bertz CT molecular complexity index is 1430. The number of rotatable bonds is 17. The van der Waals surface area contributed by atoms with Crippen LogP contribution in [0.25, 0.3) is 0 Å². The number of cyclic esters (lactones) is 1. The van der Waals surface area contributed by atoms with E-state index in [-0.39, 0.29) is 36.4 Å². The first-order valence-corrected chi connectivity index (χ1v) is 17.1. The summed E-state index contributed by atoms with van der Waals surface area (Å²) in [4.78, 5) is 13.3. The normalized spacial score (nSPS) is 21.7. The number of methoxy groups -OCH3 is 2. The van der Waals surface area contributed by atoms with E-state index in [4.69, 9.17) is 29.4 Å². The highest BCUT2D eigenvalue weighted by molar-refractivity contribution is 7.89. The molecule has 45 heavy (non-hydrogen) atoms. The Balaban J connectivity index is 1.34. The van der Waals surface area contributed by atoms with Crippen molar-refractivity contribution in [3.8, 4) is 28.7 Å². The molecular formula is C31H44N4O9S. The number of phenolic OH excluding ortho intramolecular Hbond substituents is 1. The highest BCUT2D eigenvalue weighted by Crippen LogP contribution is 2.55. The van der Waals surface area contributed by atoms with Crippen molar-refractivity contribution in [2.24, 2.45) is 17.6 Å². The molecule has 5 rings (SSSR count). The lowest BCUT2D eigenvalue weighted by atomic mass is 9.65. The van der Waals surface area contributed by atoms with Gasteiger partial charge >= 0.3 is 5.97 Å². The first-order chi connectivity index (χ1) is 21.8. The van der Waals surface area contributed by atoms with Gasteiger partial charge in [-0.25, -0.2) is 13.1 Å². The second-order valence-corrected chi connectivity index (χ2v) is 13.4. The van der Waals surface area contributed by atoms with Crippen LogP contribution >= 0.6 is 0 Å². The van der Waals surface area contributed by atoms with E-state index in [1.807, 2.05) is 0 Å². The van der Waals surface area contributed by atoms with Crippen molar-refractivity contribution in [3.05, 3.63) is 41.0 Å². The number of esters is 1. The number of carbonyl (C=O) groups is 1. The van der Waals surface area contributed by atoms with Gasteiger partial charge in [0.05, 0.1) is 38.5 Å². The van der Waals surface area contributed by atoms with Gasteiger partial charge in [0.1, 0.15) is 0 Å². The lowest BCUT2D eigenvalue weighted by Gasteiger charge is -2.39. The molecule has 13 nitrogen and oxygen atoms in total. The maximum absolute atomic E-state index is 13.4. The lowest BCUT2D eigenvalue weighted by Crippen LogP contribution is -2.44. The molecule has 3 aliphatic rings. The van der Waals surface area contributed by atoms with E-state index in [2.05, 4.69) is 15.4 Å². The second-order valence-electron chi connectivity index (χ2n) is 11.5. The molecular weight excluding hydrogens is 604 g/mol. The molecule has 0 bridgehead atoms. The summed E-state index contributed by atoms with van der Waals surface area (Å²) in [5, 5.41) is 17.2. The van der Waals surface area contributed by atoms with Gasteiger partial charge in [0, 0.05) is 18.4 Å². The smallest absolute Gasteiger partial charge is 0.310 e. The fourth-order valence-electron chi connectivity index (χ4n) is 6.41. The fraction of sp³-hybridized carbons (Fsp3) is 0.581. The van der Waals surface area contributed by atoms with Crippen LogP contribution in [0.4, 0.5) is 0 Å². The van der Waals surface area contributed by atoms with Crippen molar-refractivity contribution < 1.29 is 42.0 Å². The molecule has 248 valence electrons. The summed E-state index contributed by atoms with van der Waals surface area (Å²) in [6, 6.07) is 6.17. The lowest BCUT2D eigenvalue weighted by molar-refractivity contribution is -0.141. The van der Waals surface area contributed by atoms with Crippen molar-refractivity contribution >= 4 is 16.0 Å². The highest BCUT2D eigenvalue weighted by Gasteiger charge is 2.53. The van der Waals surface area contributed by atoms with Gasteiger partial charge in [0.2, 0.25) is 22.6 Å². The Morgan fingerprint density at radius 2 is 1.49 bits per heavy atom. The first kappa shape index (κ1) is 33.1. The second kappa shape index (κ2) is 14.9. The summed E-state index contributed by atoms with van der Waals surface area (Å²) in [7, 11) is -0.898. The maximum atomic E-state index is 13.4. The van der Waals surface area contributed by atoms with Crippen LogP contribution in [-0.2, 0) is 19.6 Å². The summed E-state index contributed by atoms with van der Waals surface area (Å²) in [6.07, 6.45) is 4.00. The summed E-state index contributed by atoms with van der Waals surface area (Å²) in [6.45, 7) is 3.66. The average Bonchev–Trinajstić information content (AvgIpc) is 3.65. The van der Waals surface area contributed by atoms with E-state index in [0.717, 1.165) is 38.8 Å². The van der Waals surface area contributed by atoms with Gasteiger partial charge in [-0.1, -0.05) is 0 Å². The number of benzene rings is 2. The topological polar surface area (TPSA) is 180 Å². The number of phenols is 1. The number of ether oxygens (including phenoxy) is 5. The van der Waals surface area contributed by atoms with E-state index >= 15 is 0 Å². The SMILES string of the molecule is COc1cc(C2c3cc4c(cc3[C@@H](NS(=O)(=O)CCNCCCCNCCCCN)[C@H]3COC(=O)[C@H]23)OCO4)cc(OC)c1O. The van der Waals surface area contributed by atoms with Crippen LogP contribution in [0.2, 0.25) is 0 Å². The molecule has 1 fully saturated rings. The van der Waals surface area contributed by atoms with Gasteiger partial charge in [0.25, 0.3) is 0 Å². The number of aromatic hydroxyl groups is 1. The van der Waals surface area contributed by atoms with Gasteiger partial charge in [0.15, 0.2) is 23.0 Å². The predicted molar refractivity (Wildman–Crippen MR) is 166 cm³/mol. The molecule has 0 spiro atoms. The Kier molecular flexibility index (Phi) is 10.9. The van der Waals surface area contributed by atoms with Crippen LogP contribution in [0.1, 0.15) is 54.3 Å². The van der Waals surface area contributed by atoms with Gasteiger partial charge in [-0.3, -0.25) is 4.79 Å². The molecule has 0 amide bonds. The van der Waals surface area contributed by atoms with Crippen LogP contribution in [0.15, 0.2) is 24.3 Å². The molecule has 1 saturated heterocycles. The quantitative estimate of drug-likeness (QED) is 0.124. The number of unbranched alkanes of at least 4 members (excludes halogenated alkanes) is 2. The third-order valence-corrected chi connectivity index (χ3v) is 10.0. The molecule has 2 heterocycles. The first-order valence-electron chi connectivity index (χ1n) is 15.4. The van der Waals surface area contributed by atoms with Gasteiger partial charge in [-0.05, 0) is 92.8 Å². The summed E-state index contributed by atoms with van der Waals surface area (Å²) in [5.74, 6) is -1.13. The molecule has 1 unspecified atom stereocenters. The minimum absolute atomic E-state index is 0.0328. The summed E-state index contributed by atoms with van der Waals surface area (Å²) >= 11 is 0. The Morgan fingerprint density at radius 1 is 0.889 bits per heavy atom. The van der Waals surface area contributed by atoms with E-state index in [1.165, 1.54) is 14.2 Å². The van der Waals surface area contributed by atoms with Crippen molar-refractivity contribution in [3.63, 3.8) is 0 Å². The van der Waals surface area contributed by atoms with Crippen LogP contribution < -0.4 is 40.0 Å². The van der Waals surface area contributed by atoms with Crippen LogP contribution in [0.3, 0.4) is 0 Å². The Labute approximate surface area is 264 Å². The molecule has 2 aliphatic heterocycles. The number of hydrogen-bond donors (Lipinski definition) is 5. The van der Waals surface area contributed by atoms with Crippen LogP contribution in [0, 0.1) is 11.8 Å². The summed E-state index contributed by atoms with van der Waals surface area (Å²) < 4.78 is 57.4. The third kappa shape index (κ3) is 7.41. The minimum Gasteiger partial charge on any atom is -0.502 e. The molecule has 2 aromatic carbocycles. The predicted octanol–water partition coefficient (Wildman–Crippen LogP) is 1.73. The fourth-order valence-corrected chi connectivity index (χ4v) is 7.63. The zero-order valence-electron chi connectivity index (χ0n) is 25.8. The van der Waals surface area contributed by atoms with Crippen molar-refractivity contribution in [1.82, 2.24) is 15.4 Å². The number of fused-ring (bicyclic) bond motifs is 3. The monoisotopic (exact) mass is 648 g/mol. The number of sulfonamides is 1. The highest BCUT2D eigenvalue weighted by atomic mass is 32.2. The van der Waals surface area contributed by atoms with Gasteiger partial charge < -0.3 is 45.2 Å². The zero-order chi connectivity index (χ0) is 32.0. The average molecular weight is 649 g/mol. The maximum Gasteiger partial charge on any atom is 0.310 e. The van der Waals surface area contributed by atoms with E-state index in [9.17, 15) is 18.3 Å². The number of hydrogen-bond acceptors (Lipinski definition) is 12. The standard InChI is InChI=1S/C31H44N4O9S/c1-40-25-13-19(14-26(41-2)30(25)36)27-20-15-23-24(44-18-43-23)16-21(20)29(22-17-42-31(37)28(22)27)35-45(38,39)12-11-34-10-6-5-9-33-8-4-3-7-32/h13-16,22,27-29,33-36H,3-12,17-18,32H2,1-2H3/t22-,27?,28-,29+/m0/s1. The largest absolute Gasteiger partial charge is 0.502 e. The zero-order valence-corrected chi connectivity index (χ0v) is 26.6. The van der Waals surface area contributed by atoms with Gasteiger partial charge in [-0.2, -0.15) is 0 Å². The molecule has 14 heteroatoms. The van der Waals surface area contributed by atoms with E-state index < -0.39 is 39.8 Å². The third-order valence-electron chi connectivity index (χ3n) is 8.67. The molecule has 1 aliphatic carbocycles.